The fourth-order valence-electron chi connectivity index (χ4n) is 2.68. The molecule has 2 N–H and O–H groups in total. The first-order valence-electron chi connectivity index (χ1n) is 7.49. The maximum atomic E-state index is 12.2. The second-order valence-corrected chi connectivity index (χ2v) is 7.75. The van der Waals surface area contributed by atoms with Gasteiger partial charge in [0.2, 0.25) is 0 Å². The van der Waals surface area contributed by atoms with Gasteiger partial charge in [-0.25, -0.2) is 4.79 Å². The van der Waals surface area contributed by atoms with Gasteiger partial charge in [0.05, 0.1) is 17.6 Å². The number of nitrogens with one attached hydrogen (secondary N) is 2. The summed E-state index contributed by atoms with van der Waals surface area (Å²) in [7, 11) is 1.37. The number of amides is 1. The van der Waals surface area contributed by atoms with Crippen molar-refractivity contribution in [1.29, 1.82) is 0 Å². The third-order valence-corrected chi connectivity index (χ3v) is 6.04. The normalized spacial score (nSPS) is 13.0. The number of ether oxygens (including phenoxy) is 1. The van der Waals surface area contributed by atoms with Crippen molar-refractivity contribution in [1.82, 2.24) is 5.32 Å². The molecule has 1 aliphatic carbocycles. The highest BCUT2D eigenvalue weighted by atomic mass is 32.1. The lowest BCUT2D eigenvalue weighted by atomic mass is 9.95. The molecule has 0 atom stereocenters. The Kier molecular flexibility index (Phi) is 5.27. The zero-order chi connectivity index (χ0) is 17.1. The van der Waals surface area contributed by atoms with Crippen molar-refractivity contribution in [2.24, 2.45) is 0 Å². The molecule has 3 rings (SSSR count). The van der Waals surface area contributed by atoms with E-state index in [0.29, 0.717) is 15.4 Å². The number of carbonyl (C=O) groups is 2. The van der Waals surface area contributed by atoms with Gasteiger partial charge in [-0.15, -0.1) is 22.7 Å². The van der Waals surface area contributed by atoms with E-state index in [2.05, 4.69) is 10.6 Å². The Morgan fingerprint density at radius 2 is 2.08 bits per heavy atom. The van der Waals surface area contributed by atoms with Crippen LogP contribution in [0.25, 0.3) is 0 Å². The molecule has 24 heavy (non-hydrogen) atoms. The minimum atomic E-state index is -0.371. The predicted molar refractivity (Wildman–Crippen MR) is 100 cm³/mol. The first-order chi connectivity index (χ1) is 11.6. The molecule has 0 spiro atoms. The second-order valence-electron chi connectivity index (χ2n) is 5.29. The molecule has 2 aromatic rings. The van der Waals surface area contributed by atoms with Gasteiger partial charge in [0.1, 0.15) is 5.00 Å². The Morgan fingerprint density at radius 1 is 1.29 bits per heavy atom. The number of rotatable bonds is 3. The van der Waals surface area contributed by atoms with Gasteiger partial charge in [-0.2, -0.15) is 0 Å². The lowest BCUT2D eigenvalue weighted by molar-refractivity contribution is 0.0601. The third-order valence-electron chi connectivity index (χ3n) is 3.76. The smallest absolute Gasteiger partial charge is 0.341 e. The number of anilines is 1. The van der Waals surface area contributed by atoms with Gasteiger partial charge in [0.25, 0.3) is 5.91 Å². The van der Waals surface area contributed by atoms with Gasteiger partial charge < -0.3 is 10.1 Å². The molecule has 126 valence electrons. The van der Waals surface area contributed by atoms with Crippen molar-refractivity contribution in [2.75, 3.05) is 12.4 Å². The van der Waals surface area contributed by atoms with Crippen LogP contribution in [-0.2, 0) is 17.6 Å². The number of esters is 1. The summed E-state index contributed by atoms with van der Waals surface area (Å²) in [4.78, 5) is 26.0. The van der Waals surface area contributed by atoms with Gasteiger partial charge in [0.15, 0.2) is 5.11 Å². The average molecular weight is 381 g/mol. The average Bonchev–Trinajstić information content (AvgIpc) is 3.21. The summed E-state index contributed by atoms with van der Waals surface area (Å²) in [5.74, 6) is -0.632. The van der Waals surface area contributed by atoms with Crippen molar-refractivity contribution in [3.8, 4) is 0 Å². The van der Waals surface area contributed by atoms with Crippen LogP contribution in [0, 0.1) is 0 Å². The van der Waals surface area contributed by atoms with E-state index in [-0.39, 0.29) is 17.0 Å². The summed E-state index contributed by atoms with van der Waals surface area (Å²) >= 11 is 8.08. The molecular weight excluding hydrogens is 364 g/mol. The number of methoxy groups -OCH3 is 1. The minimum absolute atomic E-state index is 0.178. The quantitative estimate of drug-likeness (QED) is 0.629. The predicted octanol–water partition coefficient (Wildman–Crippen LogP) is 3.60. The number of aryl methyl sites for hydroxylation is 1. The highest BCUT2D eigenvalue weighted by Gasteiger charge is 2.26. The largest absolute Gasteiger partial charge is 0.465 e. The Hall–Kier alpha value is -1.77. The molecular formula is C16H16N2O3S3. The van der Waals surface area contributed by atoms with E-state index < -0.39 is 0 Å². The summed E-state index contributed by atoms with van der Waals surface area (Å²) < 4.78 is 4.92. The number of carbonyl (C=O) groups excluding carboxylic acids is 2. The Labute approximate surface area is 153 Å². The van der Waals surface area contributed by atoms with Crippen LogP contribution in [0.3, 0.4) is 0 Å². The third kappa shape index (κ3) is 3.50. The van der Waals surface area contributed by atoms with Crippen LogP contribution in [0.4, 0.5) is 5.00 Å². The first kappa shape index (κ1) is 17.1. The van der Waals surface area contributed by atoms with Gasteiger partial charge in [-0.1, -0.05) is 6.07 Å². The van der Waals surface area contributed by atoms with Gasteiger partial charge in [0, 0.05) is 4.88 Å². The molecule has 2 aromatic heterocycles. The highest BCUT2D eigenvalue weighted by Crippen LogP contribution is 2.38. The zero-order valence-electron chi connectivity index (χ0n) is 13.0. The van der Waals surface area contributed by atoms with Crippen molar-refractivity contribution in [3.05, 3.63) is 38.4 Å². The monoisotopic (exact) mass is 380 g/mol. The summed E-state index contributed by atoms with van der Waals surface area (Å²) in [6.45, 7) is 0. The molecule has 0 radical (unpaired) electrons. The van der Waals surface area contributed by atoms with Crippen molar-refractivity contribution >= 4 is 56.9 Å². The van der Waals surface area contributed by atoms with Crippen LogP contribution in [0.2, 0.25) is 0 Å². The molecule has 0 saturated carbocycles. The van der Waals surface area contributed by atoms with E-state index >= 15 is 0 Å². The molecule has 0 aliphatic heterocycles. The van der Waals surface area contributed by atoms with Gasteiger partial charge in [-0.3, -0.25) is 10.1 Å². The molecule has 2 heterocycles. The Morgan fingerprint density at radius 3 is 2.79 bits per heavy atom. The van der Waals surface area contributed by atoms with Crippen LogP contribution >= 0.6 is 34.9 Å². The van der Waals surface area contributed by atoms with Crippen LogP contribution in [0.1, 0.15) is 43.3 Å². The minimum Gasteiger partial charge on any atom is -0.465 e. The van der Waals surface area contributed by atoms with E-state index in [1.165, 1.54) is 34.7 Å². The van der Waals surface area contributed by atoms with E-state index in [1.54, 1.807) is 12.1 Å². The van der Waals surface area contributed by atoms with E-state index in [0.717, 1.165) is 31.2 Å². The van der Waals surface area contributed by atoms with Crippen LogP contribution < -0.4 is 10.6 Å². The van der Waals surface area contributed by atoms with Crippen molar-refractivity contribution in [2.45, 2.75) is 25.7 Å². The summed E-state index contributed by atoms with van der Waals surface area (Å²) in [5, 5.41) is 8.29. The molecule has 0 aromatic carbocycles. The maximum Gasteiger partial charge on any atom is 0.341 e. The number of fused-ring (bicyclic) bond motifs is 1. The van der Waals surface area contributed by atoms with E-state index in [4.69, 9.17) is 17.0 Å². The number of hydrogen-bond donors (Lipinski definition) is 2. The van der Waals surface area contributed by atoms with Crippen LogP contribution in [0.5, 0.6) is 0 Å². The molecule has 0 bridgehead atoms. The highest BCUT2D eigenvalue weighted by molar-refractivity contribution is 7.80. The number of hydrogen-bond acceptors (Lipinski definition) is 6. The van der Waals surface area contributed by atoms with Crippen molar-refractivity contribution in [3.63, 3.8) is 0 Å². The number of thiocarbonyl (C=S) groups is 1. The molecule has 0 saturated heterocycles. The summed E-state index contributed by atoms with van der Waals surface area (Å²) in [5.41, 5.74) is 1.60. The number of thiophene rings is 2. The van der Waals surface area contributed by atoms with E-state index in [9.17, 15) is 9.59 Å². The molecule has 1 aliphatic rings. The fourth-order valence-corrected chi connectivity index (χ4v) is 4.84. The SMILES string of the molecule is COC(=O)c1c(NC(=S)NC(=O)c2cccs2)sc2c1CCCC2. The van der Waals surface area contributed by atoms with Gasteiger partial charge >= 0.3 is 5.97 Å². The molecule has 0 unspecified atom stereocenters. The standard InChI is InChI=1S/C16H16N2O3S3/c1-21-15(20)12-9-5-2-3-6-10(9)24-14(12)18-16(22)17-13(19)11-7-4-8-23-11/h4,7-8H,2-3,5-6H2,1H3,(H2,17,18,19,22). The molecule has 5 nitrogen and oxygen atoms in total. The lowest BCUT2D eigenvalue weighted by Gasteiger charge is -2.12. The maximum absolute atomic E-state index is 12.2. The molecule has 8 heteroatoms. The Bertz CT molecular complexity index is 781. The molecule has 0 fully saturated rings. The van der Waals surface area contributed by atoms with Gasteiger partial charge in [-0.05, 0) is 54.9 Å². The summed E-state index contributed by atoms with van der Waals surface area (Å²) in [6.07, 6.45) is 4.01. The van der Waals surface area contributed by atoms with Crippen LogP contribution in [0.15, 0.2) is 17.5 Å². The van der Waals surface area contributed by atoms with Crippen molar-refractivity contribution < 1.29 is 14.3 Å². The van der Waals surface area contributed by atoms with E-state index in [1.807, 2.05) is 5.38 Å². The second kappa shape index (κ2) is 7.42. The fraction of sp³-hybridized carbons (Fsp3) is 0.312. The lowest BCUT2D eigenvalue weighted by Crippen LogP contribution is -2.33. The topological polar surface area (TPSA) is 67.4 Å². The molecule has 1 amide bonds. The first-order valence-corrected chi connectivity index (χ1v) is 9.59. The van der Waals surface area contributed by atoms with Crippen LogP contribution in [-0.4, -0.2) is 24.1 Å². The summed E-state index contributed by atoms with van der Waals surface area (Å²) in [6, 6.07) is 3.53. The Balaban J connectivity index is 1.79. The zero-order valence-corrected chi connectivity index (χ0v) is 15.5.